The Balaban J connectivity index is 1.65. The molecule has 3 amide bonds. The molecule has 0 saturated carbocycles. The van der Waals surface area contributed by atoms with Crippen LogP contribution in [0.4, 0.5) is 0 Å². The average Bonchev–Trinajstić information content (AvgIpc) is 3.32. The summed E-state index contributed by atoms with van der Waals surface area (Å²) >= 11 is 0. The van der Waals surface area contributed by atoms with Gasteiger partial charge in [0.1, 0.15) is 25.3 Å². The normalized spacial score (nSPS) is 19.7. The molecule has 2 heterocycles. The van der Waals surface area contributed by atoms with Crippen LogP contribution in [-0.2, 0) is 25.5 Å². The molecule has 0 aromatic heterocycles. The van der Waals surface area contributed by atoms with Crippen LogP contribution in [0.2, 0.25) is 0 Å². The van der Waals surface area contributed by atoms with Crippen molar-refractivity contribution >= 4 is 29.3 Å². The van der Waals surface area contributed by atoms with Crippen molar-refractivity contribution in [1.82, 2.24) is 15.1 Å². The number of carbonyl (C=O) groups excluding carboxylic acids is 3. The molecule has 0 radical (unpaired) electrons. The molecule has 2 aromatic carbocycles. The minimum atomic E-state index is -1.18. The number of amides is 3. The number of nitrogens with one attached hydrogen (secondary N) is 1. The molecule has 2 N–H and O–H groups in total. The summed E-state index contributed by atoms with van der Waals surface area (Å²) in [6.45, 7) is 11.3. The van der Waals surface area contributed by atoms with Crippen LogP contribution in [0, 0.1) is 11.8 Å². The predicted molar refractivity (Wildman–Crippen MR) is 162 cm³/mol. The van der Waals surface area contributed by atoms with Crippen LogP contribution in [0.1, 0.15) is 52.7 Å². The summed E-state index contributed by atoms with van der Waals surface area (Å²) in [5.74, 6) is -1.26. The molecule has 42 heavy (non-hydrogen) atoms. The third-order valence-electron chi connectivity index (χ3n) is 7.39. The molecular formula is C33H42N4O5. The first-order valence-electron chi connectivity index (χ1n) is 14.5. The van der Waals surface area contributed by atoms with Gasteiger partial charge in [0.05, 0.1) is 17.3 Å². The van der Waals surface area contributed by atoms with E-state index in [0.29, 0.717) is 24.3 Å². The lowest BCUT2D eigenvalue weighted by molar-refractivity contribution is -0.147. The predicted octanol–water partition coefficient (Wildman–Crippen LogP) is 3.63. The molecule has 3 atom stereocenters. The Hall–Kier alpha value is -3.98. The van der Waals surface area contributed by atoms with E-state index >= 15 is 0 Å². The molecule has 9 nitrogen and oxygen atoms in total. The lowest BCUT2D eigenvalue weighted by Crippen LogP contribution is -2.58. The van der Waals surface area contributed by atoms with Gasteiger partial charge in [0.15, 0.2) is 0 Å². The molecule has 0 saturated heterocycles. The van der Waals surface area contributed by atoms with E-state index in [2.05, 4.69) is 10.3 Å². The number of aliphatic hydroxyl groups excluding tert-OH is 1. The van der Waals surface area contributed by atoms with Crippen LogP contribution >= 0.6 is 0 Å². The van der Waals surface area contributed by atoms with Gasteiger partial charge in [-0.25, -0.2) is 4.99 Å². The Labute approximate surface area is 248 Å². The fraction of sp³-hybridized carbons (Fsp3) is 0.455. The molecule has 0 bridgehead atoms. The largest absolute Gasteiger partial charge is 0.476 e. The highest BCUT2D eigenvalue weighted by molar-refractivity contribution is 6.00. The van der Waals surface area contributed by atoms with Crippen molar-refractivity contribution in [2.24, 2.45) is 16.8 Å². The highest BCUT2D eigenvalue weighted by Gasteiger charge is 2.42. The van der Waals surface area contributed by atoms with Gasteiger partial charge in [-0.05, 0) is 37.3 Å². The van der Waals surface area contributed by atoms with E-state index in [9.17, 15) is 19.5 Å². The van der Waals surface area contributed by atoms with Gasteiger partial charge in [0.2, 0.25) is 17.7 Å². The van der Waals surface area contributed by atoms with Crippen LogP contribution in [-0.4, -0.2) is 75.4 Å². The highest BCUT2D eigenvalue weighted by atomic mass is 16.5. The lowest BCUT2D eigenvalue weighted by Gasteiger charge is -2.41. The maximum absolute atomic E-state index is 14.0. The number of carbonyl (C=O) groups is 3. The second-order valence-corrected chi connectivity index (χ2v) is 12.3. The molecule has 224 valence electrons. The van der Waals surface area contributed by atoms with Crippen LogP contribution in [0.3, 0.4) is 0 Å². The number of hydrogen-bond acceptors (Lipinski definition) is 6. The van der Waals surface area contributed by atoms with Crippen molar-refractivity contribution in [2.45, 2.75) is 71.7 Å². The minimum absolute atomic E-state index is 0.161. The van der Waals surface area contributed by atoms with Gasteiger partial charge in [0, 0.05) is 12.1 Å². The smallest absolute Gasteiger partial charge is 0.250 e. The number of benzene rings is 2. The summed E-state index contributed by atoms with van der Waals surface area (Å²) in [4.78, 5) is 48.4. The zero-order valence-electron chi connectivity index (χ0n) is 25.3. The maximum atomic E-state index is 14.0. The SMILES string of the molecule is CC(C)C(=O)N1C=C(c2ccccc2)N(CC(=O)N[C@@H](Cc2ccccc2)C(O)C2=NC(C)(C)CO2)C(=O)[C@H]1C(C)C. The van der Waals surface area contributed by atoms with E-state index in [1.54, 1.807) is 20.0 Å². The topological polar surface area (TPSA) is 112 Å². The molecule has 2 aliphatic heterocycles. The highest BCUT2D eigenvalue weighted by Crippen LogP contribution is 2.31. The molecule has 2 aromatic rings. The Morgan fingerprint density at radius 2 is 1.67 bits per heavy atom. The second kappa shape index (κ2) is 12.9. The van der Waals surface area contributed by atoms with Crippen molar-refractivity contribution in [1.29, 1.82) is 0 Å². The number of ether oxygens (including phenoxy) is 1. The number of aliphatic imine (C=N–C) groups is 1. The van der Waals surface area contributed by atoms with Crippen LogP contribution in [0.25, 0.3) is 5.70 Å². The van der Waals surface area contributed by atoms with E-state index in [1.165, 1.54) is 9.80 Å². The Bertz CT molecular complexity index is 1340. The molecule has 0 fully saturated rings. The number of hydrogen-bond donors (Lipinski definition) is 2. The summed E-state index contributed by atoms with van der Waals surface area (Å²) in [6, 6.07) is 17.3. The Morgan fingerprint density at radius 3 is 2.21 bits per heavy atom. The molecule has 0 spiro atoms. The van der Waals surface area contributed by atoms with Gasteiger partial charge >= 0.3 is 0 Å². The lowest BCUT2D eigenvalue weighted by atomic mass is 9.95. The van der Waals surface area contributed by atoms with Crippen molar-refractivity contribution in [3.8, 4) is 0 Å². The molecular weight excluding hydrogens is 532 g/mol. The standard InChI is InChI=1S/C33H42N4O5/c1-21(2)28-32(41)36(26(24-15-11-8-12-16-24)18-37(28)31(40)22(3)4)19-27(38)34-25(17-23-13-9-7-10-14-23)29(39)30-35-33(5,6)20-42-30/h7-16,18,21-22,25,28-29,39H,17,19-20H2,1-6H3,(H,34,38)/t25-,28+,29?/m0/s1. The van der Waals surface area contributed by atoms with Gasteiger partial charge in [-0.15, -0.1) is 0 Å². The Morgan fingerprint density at radius 1 is 1.05 bits per heavy atom. The van der Waals surface area contributed by atoms with Crippen molar-refractivity contribution < 1.29 is 24.2 Å². The average molecular weight is 575 g/mol. The van der Waals surface area contributed by atoms with Crippen LogP contribution in [0.5, 0.6) is 0 Å². The molecule has 0 aliphatic carbocycles. The van der Waals surface area contributed by atoms with Crippen molar-refractivity contribution in [3.05, 3.63) is 78.0 Å². The number of nitrogens with zero attached hydrogens (tertiary/aromatic N) is 3. The van der Waals surface area contributed by atoms with Crippen molar-refractivity contribution in [3.63, 3.8) is 0 Å². The Kier molecular flexibility index (Phi) is 9.51. The summed E-state index contributed by atoms with van der Waals surface area (Å²) in [5.41, 5.74) is 1.62. The minimum Gasteiger partial charge on any atom is -0.476 e. The first kappa shape index (κ1) is 31.0. The molecule has 4 rings (SSSR count). The summed E-state index contributed by atoms with van der Waals surface area (Å²) in [6.07, 6.45) is 0.841. The number of aliphatic hydroxyl groups is 1. The molecule has 2 aliphatic rings. The summed E-state index contributed by atoms with van der Waals surface area (Å²) < 4.78 is 5.70. The zero-order chi connectivity index (χ0) is 30.6. The maximum Gasteiger partial charge on any atom is 0.250 e. The third-order valence-corrected chi connectivity index (χ3v) is 7.39. The van der Waals surface area contributed by atoms with Crippen molar-refractivity contribution in [2.75, 3.05) is 13.2 Å². The van der Waals surface area contributed by atoms with Gasteiger partial charge in [-0.3, -0.25) is 19.3 Å². The van der Waals surface area contributed by atoms with Gasteiger partial charge in [0.25, 0.3) is 5.91 Å². The first-order chi connectivity index (χ1) is 19.9. The quantitative estimate of drug-likeness (QED) is 0.450. The molecule has 1 unspecified atom stereocenters. The van der Waals surface area contributed by atoms with E-state index in [1.807, 2.05) is 88.4 Å². The fourth-order valence-corrected chi connectivity index (χ4v) is 5.23. The number of rotatable bonds is 10. The van der Waals surface area contributed by atoms with E-state index < -0.39 is 29.6 Å². The summed E-state index contributed by atoms with van der Waals surface area (Å²) in [5, 5.41) is 14.2. The zero-order valence-corrected chi connectivity index (χ0v) is 25.3. The third kappa shape index (κ3) is 7.07. The molecule has 9 heteroatoms. The van der Waals surface area contributed by atoms with Gasteiger partial charge in [-0.2, -0.15) is 0 Å². The fourth-order valence-electron chi connectivity index (χ4n) is 5.23. The monoisotopic (exact) mass is 574 g/mol. The van der Waals surface area contributed by atoms with Gasteiger partial charge < -0.3 is 20.1 Å². The van der Waals surface area contributed by atoms with E-state index in [0.717, 1.165) is 5.56 Å². The van der Waals surface area contributed by atoms with Gasteiger partial charge in [-0.1, -0.05) is 88.4 Å². The summed E-state index contributed by atoms with van der Waals surface area (Å²) in [7, 11) is 0. The first-order valence-corrected chi connectivity index (χ1v) is 14.5. The van der Waals surface area contributed by atoms with Crippen LogP contribution < -0.4 is 5.32 Å². The van der Waals surface area contributed by atoms with Crippen LogP contribution in [0.15, 0.2) is 71.9 Å². The van der Waals surface area contributed by atoms with E-state index in [4.69, 9.17) is 4.74 Å². The second-order valence-electron chi connectivity index (χ2n) is 12.3. The van der Waals surface area contributed by atoms with E-state index in [-0.39, 0.29) is 36.1 Å².